The molecule has 4 nitrogen and oxygen atoms in total. The second-order valence-electron chi connectivity index (χ2n) is 5.41. The van der Waals surface area contributed by atoms with Crippen molar-refractivity contribution in [2.45, 2.75) is 58.2 Å². The van der Waals surface area contributed by atoms with E-state index >= 15 is 0 Å². The quantitative estimate of drug-likeness (QED) is 0.888. The number of aromatic nitrogens is 2. The van der Waals surface area contributed by atoms with Crippen molar-refractivity contribution in [2.24, 2.45) is 0 Å². The Morgan fingerprint density at radius 1 is 1.44 bits per heavy atom. The highest BCUT2D eigenvalue weighted by atomic mass is 16.5. The summed E-state index contributed by atoms with van der Waals surface area (Å²) in [6, 6.07) is 0. The fraction of sp³-hybridized carbons (Fsp3) is 0.786. The Balaban J connectivity index is 1.66. The molecule has 2 aliphatic heterocycles. The van der Waals surface area contributed by atoms with Crippen LogP contribution in [0.15, 0.2) is 0 Å². The van der Waals surface area contributed by atoms with Gasteiger partial charge in [-0.25, -0.2) is 4.98 Å². The average Bonchev–Trinajstić information content (AvgIpc) is 2.73. The van der Waals surface area contributed by atoms with E-state index in [0.717, 1.165) is 39.1 Å². The third-order valence-electron chi connectivity index (χ3n) is 4.13. The van der Waals surface area contributed by atoms with E-state index in [1.54, 1.807) is 0 Å². The van der Waals surface area contributed by atoms with Crippen molar-refractivity contribution < 1.29 is 4.74 Å². The molecule has 2 aliphatic rings. The highest BCUT2D eigenvalue weighted by Crippen LogP contribution is 2.20. The molecule has 1 N–H and O–H groups in total. The van der Waals surface area contributed by atoms with Crippen molar-refractivity contribution >= 4 is 0 Å². The summed E-state index contributed by atoms with van der Waals surface area (Å²) in [5.41, 5.74) is 2.70. The van der Waals surface area contributed by atoms with Crippen LogP contribution in [0, 0.1) is 6.92 Å². The zero-order chi connectivity index (χ0) is 12.4. The van der Waals surface area contributed by atoms with Gasteiger partial charge in [0.25, 0.3) is 0 Å². The Morgan fingerprint density at radius 2 is 2.39 bits per heavy atom. The lowest BCUT2D eigenvalue weighted by Gasteiger charge is -2.23. The third-order valence-corrected chi connectivity index (χ3v) is 4.13. The summed E-state index contributed by atoms with van der Waals surface area (Å²) in [4.78, 5) is 4.67. The first kappa shape index (κ1) is 12.2. The van der Waals surface area contributed by atoms with Crippen molar-refractivity contribution in [1.29, 1.82) is 0 Å². The van der Waals surface area contributed by atoms with Crippen LogP contribution in [0.5, 0.6) is 0 Å². The van der Waals surface area contributed by atoms with Crippen molar-refractivity contribution in [3.63, 3.8) is 0 Å². The second-order valence-corrected chi connectivity index (χ2v) is 5.41. The van der Waals surface area contributed by atoms with Crippen LogP contribution in [-0.4, -0.2) is 28.8 Å². The fourth-order valence-electron chi connectivity index (χ4n) is 3.11. The normalized spacial score (nSPS) is 23.9. The first-order valence-corrected chi connectivity index (χ1v) is 7.22. The van der Waals surface area contributed by atoms with Crippen LogP contribution in [0.3, 0.4) is 0 Å². The maximum atomic E-state index is 5.81. The summed E-state index contributed by atoms with van der Waals surface area (Å²) in [5.74, 6) is 1.17. The summed E-state index contributed by atoms with van der Waals surface area (Å²) in [7, 11) is 0. The summed E-state index contributed by atoms with van der Waals surface area (Å²) in [6.45, 7) is 6.16. The molecule has 4 heteroatoms. The fourth-order valence-corrected chi connectivity index (χ4v) is 3.11. The molecule has 0 aromatic carbocycles. The topological polar surface area (TPSA) is 39.1 Å². The summed E-state index contributed by atoms with van der Waals surface area (Å²) in [5, 5.41) is 3.39. The van der Waals surface area contributed by atoms with E-state index < -0.39 is 0 Å². The van der Waals surface area contributed by atoms with Crippen LogP contribution in [-0.2, 0) is 24.2 Å². The maximum absolute atomic E-state index is 5.81. The van der Waals surface area contributed by atoms with Gasteiger partial charge in [-0.3, -0.25) is 0 Å². The predicted molar refractivity (Wildman–Crippen MR) is 70.6 cm³/mol. The molecule has 1 unspecified atom stereocenters. The predicted octanol–water partition coefficient (Wildman–Crippen LogP) is 1.80. The number of nitrogens with zero attached hydrogens (tertiary/aromatic N) is 2. The number of hydrogen-bond acceptors (Lipinski definition) is 3. The monoisotopic (exact) mass is 249 g/mol. The Morgan fingerprint density at radius 3 is 3.22 bits per heavy atom. The Bertz CT molecular complexity index is 407. The van der Waals surface area contributed by atoms with E-state index in [0.29, 0.717) is 6.10 Å². The molecule has 1 aromatic rings. The first-order valence-electron chi connectivity index (χ1n) is 7.22. The van der Waals surface area contributed by atoms with Crippen LogP contribution >= 0.6 is 0 Å². The molecule has 0 radical (unpaired) electrons. The van der Waals surface area contributed by atoms with Gasteiger partial charge in [-0.15, -0.1) is 0 Å². The van der Waals surface area contributed by atoms with Gasteiger partial charge in [0.05, 0.1) is 11.8 Å². The van der Waals surface area contributed by atoms with Crippen molar-refractivity contribution in [3.05, 3.63) is 17.2 Å². The van der Waals surface area contributed by atoms with E-state index in [9.17, 15) is 0 Å². The van der Waals surface area contributed by atoms with Crippen molar-refractivity contribution in [1.82, 2.24) is 14.9 Å². The molecule has 3 heterocycles. The molecule has 0 spiro atoms. The van der Waals surface area contributed by atoms with Gasteiger partial charge in [-0.1, -0.05) is 0 Å². The maximum Gasteiger partial charge on any atom is 0.106 e. The molecule has 1 aromatic heterocycles. The summed E-state index contributed by atoms with van der Waals surface area (Å²) in [6.07, 6.45) is 6.52. The molecule has 1 atom stereocenters. The minimum absolute atomic E-state index is 0.470. The summed E-state index contributed by atoms with van der Waals surface area (Å²) >= 11 is 0. The number of hydrogen-bond donors (Lipinski definition) is 1. The average molecular weight is 249 g/mol. The van der Waals surface area contributed by atoms with Gasteiger partial charge in [-0.05, 0) is 32.6 Å². The molecule has 100 valence electrons. The minimum atomic E-state index is 0.470. The van der Waals surface area contributed by atoms with Crippen molar-refractivity contribution in [3.8, 4) is 0 Å². The number of nitrogens with one attached hydrogen (secondary N) is 1. The van der Waals surface area contributed by atoms with E-state index in [4.69, 9.17) is 4.74 Å². The molecule has 0 bridgehead atoms. The number of aryl methyl sites for hydroxylation is 1. The van der Waals surface area contributed by atoms with Crippen LogP contribution < -0.4 is 5.32 Å². The lowest BCUT2D eigenvalue weighted by atomic mass is 10.1. The minimum Gasteiger partial charge on any atom is -0.378 e. The smallest absolute Gasteiger partial charge is 0.106 e. The van der Waals surface area contributed by atoms with Crippen LogP contribution in [0.25, 0.3) is 0 Å². The van der Waals surface area contributed by atoms with Gasteiger partial charge in [0.2, 0.25) is 0 Å². The molecule has 0 saturated carbocycles. The zero-order valence-corrected chi connectivity index (χ0v) is 11.2. The molecule has 1 fully saturated rings. The van der Waals surface area contributed by atoms with Gasteiger partial charge < -0.3 is 14.6 Å². The van der Waals surface area contributed by atoms with Gasteiger partial charge in [0, 0.05) is 38.4 Å². The highest BCUT2D eigenvalue weighted by Gasteiger charge is 2.19. The van der Waals surface area contributed by atoms with Crippen LogP contribution in [0.1, 0.15) is 42.9 Å². The first-order chi connectivity index (χ1) is 8.84. The number of imidazole rings is 1. The molecular formula is C14H23N3O. The molecular weight excluding hydrogens is 226 g/mol. The Kier molecular flexibility index (Phi) is 3.66. The van der Waals surface area contributed by atoms with E-state index in [-0.39, 0.29) is 0 Å². The number of ether oxygens (including phenoxy) is 1. The zero-order valence-electron chi connectivity index (χ0n) is 11.2. The molecule has 18 heavy (non-hydrogen) atoms. The summed E-state index contributed by atoms with van der Waals surface area (Å²) < 4.78 is 8.22. The molecule has 0 aliphatic carbocycles. The highest BCUT2D eigenvalue weighted by molar-refractivity contribution is 5.19. The molecule has 3 rings (SSSR count). The van der Waals surface area contributed by atoms with Gasteiger partial charge in [0.15, 0.2) is 0 Å². The van der Waals surface area contributed by atoms with Crippen molar-refractivity contribution in [2.75, 3.05) is 13.2 Å². The van der Waals surface area contributed by atoms with Crippen LogP contribution in [0.4, 0.5) is 0 Å². The second kappa shape index (κ2) is 5.41. The number of fused-ring (bicyclic) bond motifs is 1. The molecule has 1 saturated heterocycles. The molecule has 0 amide bonds. The van der Waals surface area contributed by atoms with E-state index in [1.807, 2.05) is 0 Å². The van der Waals surface area contributed by atoms with Crippen LogP contribution in [0.2, 0.25) is 0 Å². The lowest BCUT2D eigenvalue weighted by Crippen LogP contribution is -2.26. The third kappa shape index (κ3) is 2.45. The SMILES string of the molecule is Cc1nc2c(n1CCC1CCCCO1)CCNC2. The van der Waals surface area contributed by atoms with E-state index in [1.165, 1.54) is 36.5 Å². The van der Waals surface area contributed by atoms with Gasteiger partial charge in [-0.2, -0.15) is 0 Å². The standard InChI is InChI=1S/C14H23N3O/c1-11-16-13-10-15-7-5-14(13)17(11)8-6-12-4-2-3-9-18-12/h12,15H,2-10H2,1H3. The Hall–Kier alpha value is -0.870. The Labute approximate surface area is 109 Å². The lowest BCUT2D eigenvalue weighted by molar-refractivity contribution is 0.00862. The largest absolute Gasteiger partial charge is 0.378 e. The van der Waals surface area contributed by atoms with Gasteiger partial charge >= 0.3 is 0 Å². The van der Waals surface area contributed by atoms with Gasteiger partial charge in [0.1, 0.15) is 5.82 Å². The number of rotatable bonds is 3. The van der Waals surface area contributed by atoms with E-state index in [2.05, 4.69) is 21.8 Å².